The van der Waals surface area contributed by atoms with Gasteiger partial charge in [-0.3, -0.25) is 0 Å². The molecule has 1 amide bonds. The van der Waals surface area contributed by atoms with Crippen LogP contribution in [0.1, 0.15) is 18.4 Å². The molecule has 0 unspecified atom stereocenters. The van der Waals surface area contributed by atoms with Gasteiger partial charge in [0, 0.05) is 24.8 Å². The van der Waals surface area contributed by atoms with Crippen molar-refractivity contribution >= 4 is 27.8 Å². The lowest BCUT2D eigenvalue weighted by molar-refractivity contribution is 0.194. The Kier molecular flexibility index (Phi) is 8.86. The molecule has 35 heavy (non-hydrogen) atoms. The highest BCUT2D eigenvalue weighted by Crippen LogP contribution is 2.28. The van der Waals surface area contributed by atoms with Gasteiger partial charge in [-0.05, 0) is 42.7 Å². The van der Waals surface area contributed by atoms with Crippen LogP contribution < -0.4 is 20.1 Å². The van der Waals surface area contributed by atoms with E-state index in [1.165, 1.54) is 31.6 Å². The van der Waals surface area contributed by atoms with Crippen LogP contribution in [0.5, 0.6) is 5.75 Å². The Morgan fingerprint density at radius 3 is 2.69 bits per heavy atom. The van der Waals surface area contributed by atoms with E-state index in [9.17, 15) is 17.6 Å². The number of hydrogen-bond acceptors (Lipinski definition) is 8. The molecule has 0 bridgehead atoms. The average Bonchev–Trinajstić information content (AvgIpc) is 2.81. The fourth-order valence-electron chi connectivity index (χ4n) is 3.15. The summed E-state index contributed by atoms with van der Waals surface area (Å²) in [4.78, 5) is 23.0. The number of unbranched alkanes of at least 4 members (excludes halogenated alkanes) is 1. The summed E-state index contributed by atoms with van der Waals surface area (Å²) >= 11 is 0. The number of nitrogens with one attached hydrogen (secondary N) is 3. The van der Waals surface area contributed by atoms with Crippen LogP contribution in [0.25, 0.3) is 11.4 Å². The largest absolute Gasteiger partial charge is 0.496 e. The van der Waals surface area contributed by atoms with Gasteiger partial charge in [0.05, 0.1) is 18.4 Å². The average molecular weight is 505 g/mol. The summed E-state index contributed by atoms with van der Waals surface area (Å²) in [5, 5.41) is 13.8. The minimum absolute atomic E-state index is 0.210. The third kappa shape index (κ3) is 8.15. The zero-order valence-electron chi connectivity index (χ0n) is 18.9. The molecular weight excluding hydrogens is 479 g/mol. The highest BCUT2D eigenvalue weighted by atomic mass is 32.2. The van der Waals surface area contributed by atoms with E-state index in [4.69, 9.17) is 9.84 Å². The Morgan fingerprint density at radius 2 is 1.91 bits per heavy atom. The number of nitrogens with zero attached hydrogens (tertiary/aromatic N) is 3. The SMILES string of the molecule is COc1cc(F)ccc1-c1ncnc(Nc2cccc(CS(=O)(=O)NCCCCNC(=O)O)c2)n1. The number of ether oxygens (including phenoxy) is 1. The van der Waals surface area contributed by atoms with Crippen molar-refractivity contribution < 1.29 is 27.4 Å². The van der Waals surface area contributed by atoms with Crippen molar-refractivity contribution in [3.63, 3.8) is 0 Å². The first-order valence-electron chi connectivity index (χ1n) is 10.6. The maximum Gasteiger partial charge on any atom is 0.404 e. The molecule has 0 saturated carbocycles. The van der Waals surface area contributed by atoms with Crippen LogP contribution in [-0.2, 0) is 15.8 Å². The Balaban J connectivity index is 1.63. The molecule has 4 N–H and O–H groups in total. The maximum absolute atomic E-state index is 13.5. The normalized spacial score (nSPS) is 11.1. The number of amides is 1. The van der Waals surface area contributed by atoms with Gasteiger partial charge in [-0.2, -0.15) is 4.98 Å². The zero-order chi connectivity index (χ0) is 25.3. The molecule has 11 nitrogen and oxygen atoms in total. The molecule has 0 aliphatic rings. The van der Waals surface area contributed by atoms with E-state index < -0.39 is 21.9 Å². The number of methoxy groups -OCH3 is 1. The van der Waals surface area contributed by atoms with Crippen molar-refractivity contribution in [1.29, 1.82) is 0 Å². The fraction of sp³-hybridized carbons (Fsp3) is 0.273. The minimum Gasteiger partial charge on any atom is -0.496 e. The second-order valence-electron chi connectivity index (χ2n) is 7.40. The quantitative estimate of drug-likeness (QED) is 0.272. The number of anilines is 2. The smallest absolute Gasteiger partial charge is 0.404 e. The van der Waals surface area contributed by atoms with Crippen molar-refractivity contribution in [2.75, 3.05) is 25.5 Å². The molecule has 3 rings (SSSR count). The Bertz CT molecular complexity index is 1270. The predicted molar refractivity (Wildman–Crippen MR) is 127 cm³/mol. The summed E-state index contributed by atoms with van der Waals surface area (Å²) in [5.74, 6) is 0.0928. The van der Waals surface area contributed by atoms with E-state index in [-0.39, 0.29) is 36.4 Å². The Labute approximate surface area is 201 Å². The summed E-state index contributed by atoms with van der Waals surface area (Å²) < 4.78 is 46.0. The van der Waals surface area contributed by atoms with Gasteiger partial charge in [-0.15, -0.1) is 0 Å². The number of aromatic nitrogens is 3. The van der Waals surface area contributed by atoms with Crippen molar-refractivity contribution in [2.45, 2.75) is 18.6 Å². The molecule has 1 aromatic heterocycles. The number of hydrogen-bond donors (Lipinski definition) is 4. The van der Waals surface area contributed by atoms with E-state index in [0.29, 0.717) is 29.7 Å². The molecule has 0 saturated heterocycles. The highest BCUT2D eigenvalue weighted by Gasteiger charge is 2.13. The van der Waals surface area contributed by atoms with Crippen LogP contribution in [0.2, 0.25) is 0 Å². The standard InChI is InChI=1S/C22H25FN6O5S/c1-34-19-12-16(23)7-8-18(19)20-25-14-26-21(29-20)28-17-6-4-5-15(11-17)13-35(32,33)27-10-3-2-9-24-22(30)31/h4-8,11-12,14,24,27H,2-3,9-10,13H2,1H3,(H,30,31)(H,25,26,28,29). The van der Waals surface area contributed by atoms with E-state index in [1.807, 2.05) is 0 Å². The first-order chi connectivity index (χ1) is 16.8. The summed E-state index contributed by atoms with van der Waals surface area (Å²) in [5.41, 5.74) is 1.61. The first-order valence-corrected chi connectivity index (χ1v) is 12.2. The van der Waals surface area contributed by atoms with Crippen LogP contribution in [0.15, 0.2) is 48.8 Å². The topological polar surface area (TPSA) is 155 Å². The lowest BCUT2D eigenvalue weighted by atomic mass is 10.2. The summed E-state index contributed by atoms with van der Waals surface area (Å²) in [6.45, 7) is 0.472. The zero-order valence-corrected chi connectivity index (χ0v) is 19.7. The Hall–Kier alpha value is -3.84. The summed E-state index contributed by atoms with van der Waals surface area (Å²) in [7, 11) is -2.16. The van der Waals surface area contributed by atoms with E-state index in [1.54, 1.807) is 24.3 Å². The van der Waals surface area contributed by atoms with Crippen LogP contribution in [0, 0.1) is 5.82 Å². The monoisotopic (exact) mass is 504 g/mol. The molecular formula is C22H25FN6O5S. The van der Waals surface area contributed by atoms with Gasteiger partial charge in [-0.25, -0.2) is 32.3 Å². The molecule has 1 heterocycles. The second kappa shape index (κ2) is 12.0. The lowest BCUT2D eigenvalue weighted by Gasteiger charge is -2.10. The van der Waals surface area contributed by atoms with Gasteiger partial charge in [0.2, 0.25) is 16.0 Å². The van der Waals surface area contributed by atoms with Gasteiger partial charge < -0.3 is 20.5 Å². The summed E-state index contributed by atoms with van der Waals surface area (Å²) in [6.07, 6.45) is 1.22. The van der Waals surface area contributed by atoms with Gasteiger partial charge >= 0.3 is 6.09 Å². The van der Waals surface area contributed by atoms with E-state index >= 15 is 0 Å². The number of halogens is 1. The number of carboxylic acid groups (broad SMARTS) is 1. The number of sulfonamides is 1. The molecule has 0 atom stereocenters. The summed E-state index contributed by atoms with van der Waals surface area (Å²) in [6, 6.07) is 10.8. The van der Waals surface area contributed by atoms with Gasteiger partial charge in [-0.1, -0.05) is 12.1 Å². The molecule has 13 heteroatoms. The van der Waals surface area contributed by atoms with E-state index in [2.05, 4.69) is 30.3 Å². The van der Waals surface area contributed by atoms with Crippen LogP contribution >= 0.6 is 0 Å². The van der Waals surface area contributed by atoms with Crippen LogP contribution in [-0.4, -0.2) is 54.8 Å². The van der Waals surface area contributed by atoms with Crippen molar-refractivity contribution in [3.05, 3.63) is 60.2 Å². The van der Waals surface area contributed by atoms with Crippen LogP contribution in [0.3, 0.4) is 0 Å². The fourth-order valence-corrected chi connectivity index (χ4v) is 4.32. The predicted octanol–water partition coefficient (Wildman–Crippen LogP) is 2.90. The minimum atomic E-state index is -3.58. The number of rotatable bonds is 12. The number of benzene rings is 2. The van der Waals surface area contributed by atoms with E-state index in [0.717, 1.165) is 0 Å². The number of carbonyl (C=O) groups is 1. The molecule has 186 valence electrons. The third-order valence-electron chi connectivity index (χ3n) is 4.72. The second-order valence-corrected chi connectivity index (χ2v) is 9.20. The van der Waals surface area contributed by atoms with Gasteiger partial charge in [0.25, 0.3) is 0 Å². The molecule has 0 spiro atoms. The van der Waals surface area contributed by atoms with Crippen molar-refractivity contribution in [1.82, 2.24) is 25.0 Å². The van der Waals surface area contributed by atoms with Gasteiger partial charge in [0.1, 0.15) is 17.9 Å². The molecule has 0 aliphatic carbocycles. The van der Waals surface area contributed by atoms with Crippen molar-refractivity contribution in [3.8, 4) is 17.1 Å². The maximum atomic E-state index is 13.5. The molecule has 0 fully saturated rings. The first kappa shape index (κ1) is 25.8. The highest BCUT2D eigenvalue weighted by molar-refractivity contribution is 7.88. The third-order valence-corrected chi connectivity index (χ3v) is 6.08. The van der Waals surface area contributed by atoms with Gasteiger partial charge in [0.15, 0.2) is 5.82 Å². The van der Waals surface area contributed by atoms with Crippen molar-refractivity contribution in [2.24, 2.45) is 0 Å². The Morgan fingerprint density at radius 1 is 1.11 bits per heavy atom. The van der Waals surface area contributed by atoms with Crippen LogP contribution in [0.4, 0.5) is 20.8 Å². The molecule has 3 aromatic rings. The molecule has 0 radical (unpaired) electrons. The molecule has 2 aromatic carbocycles. The lowest BCUT2D eigenvalue weighted by Crippen LogP contribution is -2.27. The molecule has 0 aliphatic heterocycles.